The predicted octanol–water partition coefficient (Wildman–Crippen LogP) is 2.47. The molecule has 1 heterocycles. The number of halogens is 3. The van der Waals surface area contributed by atoms with Crippen molar-refractivity contribution in [1.82, 2.24) is 15.1 Å². The van der Waals surface area contributed by atoms with E-state index >= 15 is 0 Å². The summed E-state index contributed by atoms with van der Waals surface area (Å²) in [6, 6.07) is 7.02. The van der Waals surface area contributed by atoms with Gasteiger partial charge >= 0.3 is 6.18 Å². The number of benzene rings is 1. The Labute approximate surface area is 154 Å². The molecule has 0 aliphatic heterocycles. The van der Waals surface area contributed by atoms with Crippen molar-refractivity contribution < 1.29 is 23.1 Å². The molecule has 1 atom stereocenters. The van der Waals surface area contributed by atoms with Crippen LogP contribution >= 0.6 is 0 Å². The lowest BCUT2D eigenvalue weighted by Gasteiger charge is -2.27. The lowest BCUT2D eigenvalue weighted by molar-refractivity contribution is -0.143. The van der Waals surface area contributed by atoms with Gasteiger partial charge in [-0.15, -0.1) is 0 Å². The molecule has 2 aliphatic carbocycles. The number of hydrogen-bond donors (Lipinski definition) is 2. The second kappa shape index (κ2) is 6.37. The second-order valence-electron chi connectivity index (χ2n) is 7.42. The number of aromatic nitrogens is 2. The Bertz CT molecular complexity index is 850. The first kappa shape index (κ1) is 18.0. The number of alkyl halides is 3. The van der Waals surface area contributed by atoms with Gasteiger partial charge in [-0.05, 0) is 36.0 Å². The molecule has 4 rings (SSSR count). The zero-order valence-corrected chi connectivity index (χ0v) is 14.6. The van der Waals surface area contributed by atoms with Gasteiger partial charge in [-0.2, -0.15) is 18.3 Å². The van der Waals surface area contributed by atoms with Crippen LogP contribution in [0.25, 0.3) is 0 Å². The van der Waals surface area contributed by atoms with Crippen molar-refractivity contribution in [2.75, 3.05) is 0 Å². The van der Waals surface area contributed by atoms with Crippen molar-refractivity contribution in [1.29, 1.82) is 0 Å². The molecule has 1 aromatic heterocycles. The Kier molecular flexibility index (Phi) is 4.25. The van der Waals surface area contributed by atoms with Crippen LogP contribution in [-0.2, 0) is 30.6 Å². The second-order valence-corrected chi connectivity index (χ2v) is 7.42. The third-order valence-electron chi connectivity index (χ3n) is 5.29. The number of amides is 1. The van der Waals surface area contributed by atoms with Crippen LogP contribution in [0.3, 0.4) is 0 Å². The maximum atomic E-state index is 12.8. The third-order valence-corrected chi connectivity index (χ3v) is 5.29. The maximum Gasteiger partial charge on any atom is 0.408 e. The average molecular weight is 379 g/mol. The fourth-order valence-corrected chi connectivity index (χ4v) is 4.05. The van der Waals surface area contributed by atoms with E-state index in [1.54, 1.807) is 0 Å². The van der Waals surface area contributed by atoms with Gasteiger partial charge in [0.25, 0.3) is 5.91 Å². The van der Waals surface area contributed by atoms with E-state index in [1.807, 2.05) is 24.3 Å². The van der Waals surface area contributed by atoms with E-state index in [2.05, 4.69) is 10.4 Å². The van der Waals surface area contributed by atoms with E-state index in [0.29, 0.717) is 18.5 Å². The highest BCUT2D eigenvalue weighted by Crippen LogP contribution is 2.33. The molecule has 0 spiro atoms. The van der Waals surface area contributed by atoms with Gasteiger partial charge in [-0.25, -0.2) is 0 Å². The minimum Gasteiger partial charge on any atom is -0.379 e. The van der Waals surface area contributed by atoms with Crippen molar-refractivity contribution in [3.05, 3.63) is 52.8 Å². The Balaban J connectivity index is 1.50. The average Bonchev–Trinajstić information content (AvgIpc) is 3.13. The third kappa shape index (κ3) is 3.58. The predicted molar refractivity (Wildman–Crippen MR) is 90.9 cm³/mol. The van der Waals surface area contributed by atoms with Crippen LogP contribution in [0.15, 0.2) is 30.5 Å². The first-order valence-electron chi connectivity index (χ1n) is 8.97. The summed E-state index contributed by atoms with van der Waals surface area (Å²) in [5.41, 5.74) is 1.54. The Morgan fingerprint density at radius 3 is 2.56 bits per heavy atom. The number of aliphatic hydroxyl groups is 1. The van der Waals surface area contributed by atoms with Gasteiger partial charge in [0.1, 0.15) is 6.54 Å². The number of hydrogen-bond acceptors (Lipinski definition) is 3. The van der Waals surface area contributed by atoms with Crippen LogP contribution in [0.4, 0.5) is 13.2 Å². The summed E-state index contributed by atoms with van der Waals surface area (Å²) in [6.45, 7) is -1.15. The quantitative estimate of drug-likeness (QED) is 0.861. The molecule has 1 aromatic carbocycles. The molecule has 1 amide bonds. The summed E-state index contributed by atoms with van der Waals surface area (Å²) in [7, 11) is 0. The number of nitrogens with zero attached hydrogens (tertiary/aromatic N) is 2. The molecule has 0 saturated carbocycles. The van der Waals surface area contributed by atoms with E-state index in [4.69, 9.17) is 0 Å². The molecule has 2 aromatic rings. The monoisotopic (exact) mass is 379 g/mol. The zero-order valence-electron chi connectivity index (χ0n) is 14.6. The fourth-order valence-electron chi connectivity index (χ4n) is 4.05. The Morgan fingerprint density at radius 2 is 1.93 bits per heavy atom. The van der Waals surface area contributed by atoms with E-state index in [-0.39, 0.29) is 12.8 Å². The molecule has 0 bridgehead atoms. The van der Waals surface area contributed by atoms with Crippen molar-refractivity contribution in [2.24, 2.45) is 0 Å². The van der Waals surface area contributed by atoms with Crippen LogP contribution in [0.2, 0.25) is 0 Å². The molecule has 8 heteroatoms. The Hall–Kier alpha value is -2.35. The lowest BCUT2D eigenvalue weighted by atomic mass is 9.92. The SMILES string of the molecule is O=C(N[C@@H]1CCCc2cn(CC(F)(F)F)nc21)C1(O)Cc2ccccc2C1. The number of fused-ring (bicyclic) bond motifs is 2. The highest BCUT2D eigenvalue weighted by Gasteiger charge is 2.43. The van der Waals surface area contributed by atoms with Crippen LogP contribution < -0.4 is 5.32 Å². The zero-order chi connectivity index (χ0) is 19.2. The first-order valence-corrected chi connectivity index (χ1v) is 8.97. The topological polar surface area (TPSA) is 67.2 Å². The number of aryl methyl sites for hydroxylation is 1. The van der Waals surface area contributed by atoms with Gasteiger partial charge in [0.15, 0.2) is 5.60 Å². The minimum absolute atomic E-state index is 0.233. The molecular formula is C19H20F3N3O2. The van der Waals surface area contributed by atoms with E-state index in [9.17, 15) is 23.1 Å². The molecule has 27 heavy (non-hydrogen) atoms. The van der Waals surface area contributed by atoms with Crippen molar-refractivity contribution in [3.63, 3.8) is 0 Å². The smallest absolute Gasteiger partial charge is 0.379 e. The minimum atomic E-state index is -4.35. The summed E-state index contributed by atoms with van der Waals surface area (Å²) in [6.07, 6.45) is -0.512. The van der Waals surface area contributed by atoms with Gasteiger partial charge in [0, 0.05) is 19.0 Å². The highest BCUT2D eigenvalue weighted by molar-refractivity contribution is 5.87. The molecule has 2 aliphatic rings. The lowest BCUT2D eigenvalue weighted by Crippen LogP contribution is -2.49. The largest absolute Gasteiger partial charge is 0.408 e. The van der Waals surface area contributed by atoms with Crippen LogP contribution in [-0.4, -0.2) is 32.6 Å². The van der Waals surface area contributed by atoms with Crippen molar-refractivity contribution in [3.8, 4) is 0 Å². The van der Waals surface area contributed by atoms with Crippen molar-refractivity contribution >= 4 is 5.91 Å². The van der Waals surface area contributed by atoms with Gasteiger partial charge in [0.05, 0.1) is 11.7 Å². The number of carbonyl (C=O) groups excluding carboxylic acids is 1. The van der Waals surface area contributed by atoms with E-state index < -0.39 is 30.3 Å². The van der Waals surface area contributed by atoms with Gasteiger partial charge in [-0.1, -0.05) is 24.3 Å². The van der Waals surface area contributed by atoms with Crippen LogP contribution in [0.1, 0.15) is 41.3 Å². The maximum absolute atomic E-state index is 12.8. The van der Waals surface area contributed by atoms with Gasteiger partial charge in [0.2, 0.25) is 0 Å². The molecule has 0 fully saturated rings. The summed E-state index contributed by atoms with van der Waals surface area (Å²) in [5, 5.41) is 17.7. The molecule has 0 saturated heterocycles. The van der Waals surface area contributed by atoms with E-state index in [0.717, 1.165) is 27.8 Å². The van der Waals surface area contributed by atoms with Crippen molar-refractivity contribution in [2.45, 2.75) is 56.5 Å². The first-order chi connectivity index (χ1) is 12.7. The normalized spacial score (nSPS) is 20.8. The number of rotatable bonds is 3. The summed E-state index contributed by atoms with van der Waals surface area (Å²) in [4.78, 5) is 12.8. The fraction of sp³-hybridized carbons (Fsp3) is 0.474. The molecule has 144 valence electrons. The molecule has 0 unspecified atom stereocenters. The molecular weight excluding hydrogens is 359 g/mol. The van der Waals surface area contributed by atoms with Crippen LogP contribution in [0.5, 0.6) is 0 Å². The number of nitrogens with one attached hydrogen (secondary N) is 1. The highest BCUT2D eigenvalue weighted by atomic mass is 19.4. The molecule has 0 radical (unpaired) electrons. The molecule has 5 nitrogen and oxygen atoms in total. The van der Waals surface area contributed by atoms with Crippen LogP contribution in [0, 0.1) is 0 Å². The summed E-state index contributed by atoms with van der Waals surface area (Å²) < 4.78 is 38.8. The van der Waals surface area contributed by atoms with Gasteiger partial charge < -0.3 is 10.4 Å². The molecule has 2 N–H and O–H groups in total. The van der Waals surface area contributed by atoms with E-state index in [1.165, 1.54) is 6.20 Å². The Morgan fingerprint density at radius 1 is 1.26 bits per heavy atom. The van der Waals surface area contributed by atoms with Gasteiger partial charge in [-0.3, -0.25) is 9.48 Å². The number of carbonyl (C=O) groups is 1. The standard InChI is InChI=1S/C19H20F3N3O2/c20-19(21,22)11-25-10-14-6-3-7-15(16(14)24-25)23-17(26)18(27)8-12-4-1-2-5-13(12)9-18/h1-2,4-5,10,15,27H,3,6-9,11H2,(H,23,26)/t15-/m1/s1. The summed E-state index contributed by atoms with van der Waals surface area (Å²) in [5.74, 6) is -0.498. The summed E-state index contributed by atoms with van der Waals surface area (Å²) >= 11 is 0.